The van der Waals surface area contributed by atoms with Gasteiger partial charge in [0.2, 0.25) is 11.8 Å². The van der Waals surface area contributed by atoms with Gasteiger partial charge in [-0.1, -0.05) is 0 Å². The van der Waals surface area contributed by atoms with Gasteiger partial charge >= 0.3 is 6.09 Å². The van der Waals surface area contributed by atoms with Crippen molar-refractivity contribution in [3.63, 3.8) is 0 Å². The number of rotatable bonds is 6. The minimum Gasteiger partial charge on any atom is -0.444 e. The highest BCUT2D eigenvalue weighted by Crippen LogP contribution is 2.29. The van der Waals surface area contributed by atoms with Crippen molar-refractivity contribution >= 4 is 35.4 Å². The molecule has 0 aliphatic carbocycles. The van der Waals surface area contributed by atoms with E-state index >= 15 is 0 Å². The summed E-state index contributed by atoms with van der Waals surface area (Å²) in [6.07, 6.45) is 0.499. The number of carbonyl (C=O) groups is 5. The molecule has 3 heterocycles. The smallest absolute Gasteiger partial charge is 0.410 e. The molecule has 0 aromatic heterocycles. The molecule has 1 aromatic carbocycles. The lowest BCUT2D eigenvalue weighted by Crippen LogP contribution is -2.54. The van der Waals surface area contributed by atoms with Gasteiger partial charge < -0.3 is 19.7 Å². The molecule has 3 aliphatic heterocycles. The van der Waals surface area contributed by atoms with Crippen molar-refractivity contribution in [2.24, 2.45) is 0 Å². The third-order valence-electron chi connectivity index (χ3n) is 6.02. The van der Waals surface area contributed by atoms with E-state index in [1.54, 1.807) is 23.1 Å². The number of fused-ring (bicyclic) bond motifs is 1. The van der Waals surface area contributed by atoms with Crippen LogP contribution in [0.4, 0.5) is 10.5 Å². The summed E-state index contributed by atoms with van der Waals surface area (Å²) in [5.74, 6) is -2.13. The van der Waals surface area contributed by atoms with E-state index in [9.17, 15) is 24.0 Å². The molecule has 2 fully saturated rings. The van der Waals surface area contributed by atoms with E-state index in [2.05, 4.69) is 10.6 Å². The van der Waals surface area contributed by atoms with E-state index in [1.165, 1.54) is 0 Å². The van der Waals surface area contributed by atoms with Crippen molar-refractivity contribution in [3.8, 4) is 0 Å². The van der Waals surface area contributed by atoms with Gasteiger partial charge in [-0.3, -0.25) is 29.4 Å². The van der Waals surface area contributed by atoms with E-state index in [0.717, 1.165) is 11.3 Å². The fourth-order valence-corrected chi connectivity index (χ4v) is 4.36. The van der Waals surface area contributed by atoms with E-state index in [-0.39, 0.29) is 36.2 Å². The largest absolute Gasteiger partial charge is 0.444 e. The van der Waals surface area contributed by atoms with Crippen molar-refractivity contribution < 1.29 is 33.4 Å². The summed E-state index contributed by atoms with van der Waals surface area (Å²) in [4.78, 5) is 64.0. The maximum absolute atomic E-state index is 12.9. The van der Waals surface area contributed by atoms with E-state index in [0.29, 0.717) is 31.9 Å². The molecule has 0 bridgehead atoms. The van der Waals surface area contributed by atoms with Crippen LogP contribution in [-0.4, -0.2) is 83.5 Å². The number of piperidine rings is 1. The predicted octanol–water partition coefficient (Wildman–Crippen LogP) is 1.53. The molecule has 2 saturated heterocycles. The summed E-state index contributed by atoms with van der Waals surface area (Å²) in [6, 6.07) is 3.84. The maximum atomic E-state index is 12.9. The van der Waals surface area contributed by atoms with Gasteiger partial charge in [-0.2, -0.15) is 0 Å². The number of nitrogens with zero attached hydrogens (tertiary/aromatic N) is 2. The lowest BCUT2D eigenvalue weighted by molar-refractivity contribution is -0.136. The van der Waals surface area contributed by atoms with Crippen LogP contribution >= 0.6 is 0 Å². The molecule has 188 valence electrons. The Morgan fingerprint density at radius 1 is 1.11 bits per heavy atom. The van der Waals surface area contributed by atoms with E-state index in [4.69, 9.17) is 9.47 Å². The number of nitrogens with one attached hydrogen (secondary N) is 2. The van der Waals surface area contributed by atoms with Crippen molar-refractivity contribution in [2.45, 2.75) is 57.8 Å². The number of carbonyl (C=O) groups excluding carboxylic acids is 5. The predicted molar refractivity (Wildman–Crippen MR) is 124 cm³/mol. The fourth-order valence-electron chi connectivity index (χ4n) is 4.36. The molecular weight excluding hydrogens is 456 g/mol. The number of likely N-dealkylation sites (tertiary alicyclic amines) is 1. The minimum absolute atomic E-state index is 0.0765. The fraction of sp³-hybridized carbons (Fsp3) is 0.542. The monoisotopic (exact) mass is 486 g/mol. The quantitative estimate of drug-likeness (QED) is 0.457. The molecule has 35 heavy (non-hydrogen) atoms. The van der Waals surface area contributed by atoms with Gasteiger partial charge in [-0.15, -0.1) is 0 Å². The Morgan fingerprint density at radius 3 is 2.57 bits per heavy atom. The van der Waals surface area contributed by atoms with Crippen LogP contribution in [0.1, 0.15) is 60.7 Å². The van der Waals surface area contributed by atoms with E-state index in [1.807, 2.05) is 20.8 Å². The van der Waals surface area contributed by atoms with Crippen LogP contribution in [-0.2, 0) is 19.1 Å². The molecule has 11 nitrogen and oxygen atoms in total. The molecule has 3 aliphatic rings. The average molecular weight is 487 g/mol. The van der Waals surface area contributed by atoms with Gasteiger partial charge in [0, 0.05) is 25.2 Å². The van der Waals surface area contributed by atoms with Crippen molar-refractivity contribution in [2.75, 3.05) is 31.6 Å². The Labute approximate surface area is 203 Å². The van der Waals surface area contributed by atoms with Gasteiger partial charge in [0.1, 0.15) is 11.6 Å². The molecule has 2 unspecified atom stereocenters. The zero-order valence-electron chi connectivity index (χ0n) is 20.1. The second-order valence-corrected chi connectivity index (χ2v) is 9.84. The minimum atomic E-state index is -0.989. The molecule has 2 atom stereocenters. The molecular formula is C24H30N4O7. The standard InChI is InChI=1S/C24H30N4O7/c1-24(2,3)35-23(33)27-10-8-15(13-27)34-11-9-25-14-4-5-16-17(12-14)22(32)28(21(16)31)18-6-7-19(29)26-20(18)30/h4-5,12,15,18,25H,6-11,13H2,1-3H3,(H,26,29,30). The van der Waals surface area contributed by atoms with E-state index < -0.39 is 35.3 Å². The van der Waals surface area contributed by atoms with Crippen molar-refractivity contribution in [1.82, 2.24) is 15.1 Å². The zero-order valence-corrected chi connectivity index (χ0v) is 20.1. The number of benzene rings is 1. The normalized spacial score (nSPS) is 22.4. The van der Waals surface area contributed by atoms with Crippen LogP contribution in [0, 0.1) is 0 Å². The summed E-state index contributed by atoms with van der Waals surface area (Å²) < 4.78 is 11.3. The average Bonchev–Trinajstić information content (AvgIpc) is 3.34. The number of ether oxygens (including phenoxy) is 2. The van der Waals surface area contributed by atoms with Gasteiger partial charge in [-0.05, 0) is 51.8 Å². The summed E-state index contributed by atoms with van der Waals surface area (Å²) >= 11 is 0. The second kappa shape index (κ2) is 9.65. The van der Waals surface area contributed by atoms with Crippen LogP contribution in [0.15, 0.2) is 18.2 Å². The number of anilines is 1. The zero-order chi connectivity index (χ0) is 25.3. The van der Waals surface area contributed by atoms with Crippen LogP contribution in [0.2, 0.25) is 0 Å². The Kier molecular flexibility index (Phi) is 6.79. The molecule has 0 radical (unpaired) electrons. The number of hydrogen-bond acceptors (Lipinski definition) is 8. The van der Waals surface area contributed by atoms with Crippen LogP contribution in [0.5, 0.6) is 0 Å². The maximum Gasteiger partial charge on any atom is 0.410 e. The first-order valence-corrected chi connectivity index (χ1v) is 11.7. The highest BCUT2D eigenvalue weighted by Gasteiger charge is 2.44. The van der Waals surface area contributed by atoms with Gasteiger partial charge in [0.05, 0.1) is 30.4 Å². The molecule has 1 aromatic rings. The molecule has 4 rings (SSSR count). The number of imide groups is 2. The summed E-state index contributed by atoms with van der Waals surface area (Å²) in [5, 5.41) is 5.35. The van der Waals surface area contributed by atoms with Crippen molar-refractivity contribution in [1.29, 1.82) is 0 Å². The molecule has 0 saturated carbocycles. The second-order valence-electron chi connectivity index (χ2n) is 9.84. The van der Waals surface area contributed by atoms with Gasteiger partial charge in [0.15, 0.2) is 0 Å². The molecule has 11 heteroatoms. The highest BCUT2D eigenvalue weighted by molar-refractivity contribution is 6.23. The summed E-state index contributed by atoms with van der Waals surface area (Å²) in [6.45, 7) is 7.39. The van der Waals surface area contributed by atoms with Crippen molar-refractivity contribution in [3.05, 3.63) is 29.3 Å². The highest BCUT2D eigenvalue weighted by atomic mass is 16.6. The Bertz CT molecular complexity index is 1060. The Morgan fingerprint density at radius 2 is 1.86 bits per heavy atom. The van der Waals surface area contributed by atoms with Gasteiger partial charge in [-0.25, -0.2) is 4.79 Å². The lowest BCUT2D eigenvalue weighted by Gasteiger charge is -2.27. The summed E-state index contributed by atoms with van der Waals surface area (Å²) in [7, 11) is 0. The first kappa shape index (κ1) is 24.6. The molecule has 2 N–H and O–H groups in total. The van der Waals surface area contributed by atoms with Crippen LogP contribution < -0.4 is 10.6 Å². The van der Waals surface area contributed by atoms with Gasteiger partial charge in [0.25, 0.3) is 11.8 Å². The summed E-state index contributed by atoms with van der Waals surface area (Å²) in [5.41, 5.74) is 0.547. The molecule has 5 amide bonds. The van der Waals surface area contributed by atoms with Crippen LogP contribution in [0.3, 0.4) is 0 Å². The first-order valence-electron chi connectivity index (χ1n) is 11.7. The number of hydrogen-bond donors (Lipinski definition) is 2. The third kappa shape index (κ3) is 5.45. The first-order chi connectivity index (χ1) is 16.5. The molecule has 0 spiro atoms. The Hall–Kier alpha value is -3.47. The lowest BCUT2D eigenvalue weighted by atomic mass is 10.0. The Balaban J connectivity index is 1.27. The van der Waals surface area contributed by atoms with Crippen LogP contribution in [0.25, 0.3) is 0 Å². The SMILES string of the molecule is CC(C)(C)OC(=O)N1CCC(OCCNc2ccc3c(c2)C(=O)N(C2CCC(=O)NC2=O)C3=O)C1. The third-order valence-corrected chi connectivity index (χ3v) is 6.02. The topological polar surface area (TPSA) is 134 Å². The number of amides is 5.